The van der Waals surface area contributed by atoms with Gasteiger partial charge in [0.1, 0.15) is 5.82 Å². The molecule has 0 bridgehead atoms. The average Bonchev–Trinajstić information content (AvgIpc) is 3.15. The Labute approximate surface area is 139 Å². The minimum Gasteiger partial charge on any atom is -0.393 e. The van der Waals surface area contributed by atoms with E-state index in [4.69, 9.17) is 0 Å². The van der Waals surface area contributed by atoms with Crippen molar-refractivity contribution in [1.82, 2.24) is 19.9 Å². The van der Waals surface area contributed by atoms with Gasteiger partial charge in [0.2, 0.25) is 0 Å². The number of carbonyl (C=O) groups is 1. The molecular formula is C17H21FN4O2. The van der Waals surface area contributed by atoms with E-state index in [0.717, 1.165) is 18.4 Å². The molecule has 6 nitrogen and oxygen atoms in total. The van der Waals surface area contributed by atoms with E-state index in [1.54, 1.807) is 30.2 Å². The van der Waals surface area contributed by atoms with Crippen molar-refractivity contribution >= 4 is 5.91 Å². The molecule has 1 aliphatic heterocycles. The summed E-state index contributed by atoms with van der Waals surface area (Å²) in [6.07, 6.45) is 3.55. The number of aromatic nitrogens is 3. The van der Waals surface area contributed by atoms with E-state index < -0.39 is 6.10 Å². The highest BCUT2D eigenvalue weighted by Gasteiger charge is 2.31. The van der Waals surface area contributed by atoms with Crippen LogP contribution in [0.2, 0.25) is 0 Å². The predicted octanol–water partition coefficient (Wildman–Crippen LogP) is 1.84. The molecular weight excluding hydrogens is 311 g/mol. The van der Waals surface area contributed by atoms with Crippen molar-refractivity contribution in [2.24, 2.45) is 0 Å². The number of rotatable bonds is 5. The summed E-state index contributed by atoms with van der Waals surface area (Å²) in [6.45, 7) is 2.76. The van der Waals surface area contributed by atoms with Gasteiger partial charge in [0.05, 0.1) is 18.8 Å². The van der Waals surface area contributed by atoms with Crippen molar-refractivity contribution in [1.29, 1.82) is 0 Å². The normalized spacial score (nSPS) is 18.8. The fourth-order valence-electron chi connectivity index (χ4n) is 3.19. The Balaban J connectivity index is 1.69. The van der Waals surface area contributed by atoms with Crippen LogP contribution in [0.15, 0.2) is 30.5 Å². The Hall–Kier alpha value is -2.28. The van der Waals surface area contributed by atoms with Crippen LogP contribution in [0.5, 0.6) is 0 Å². The number of hydrogen-bond donors (Lipinski definition) is 1. The molecule has 0 radical (unpaired) electrons. The monoisotopic (exact) mass is 332 g/mol. The lowest BCUT2D eigenvalue weighted by atomic mass is 10.1. The van der Waals surface area contributed by atoms with E-state index >= 15 is 0 Å². The molecule has 2 heterocycles. The summed E-state index contributed by atoms with van der Waals surface area (Å²) in [4.78, 5) is 14.4. The van der Waals surface area contributed by atoms with Gasteiger partial charge in [-0.1, -0.05) is 17.3 Å². The minimum atomic E-state index is -0.438. The number of aliphatic hydroxyl groups excluding tert-OH is 1. The first-order chi connectivity index (χ1) is 11.5. The number of hydrogen-bond acceptors (Lipinski definition) is 4. The molecule has 1 saturated heterocycles. The van der Waals surface area contributed by atoms with Crippen LogP contribution in [0, 0.1) is 5.82 Å². The first-order valence-corrected chi connectivity index (χ1v) is 8.16. The Morgan fingerprint density at radius 1 is 1.50 bits per heavy atom. The molecule has 1 amide bonds. The summed E-state index contributed by atoms with van der Waals surface area (Å²) >= 11 is 0. The molecule has 0 saturated carbocycles. The number of nitrogens with zero attached hydrogens (tertiary/aromatic N) is 4. The molecule has 2 atom stereocenters. The highest BCUT2D eigenvalue weighted by molar-refractivity contribution is 5.92. The second kappa shape index (κ2) is 7.09. The van der Waals surface area contributed by atoms with E-state index in [1.165, 1.54) is 16.8 Å². The first kappa shape index (κ1) is 16.6. The SMILES string of the molecule is CC(O)CC1CCCN1C(=O)c1cn(Cc2cccc(F)c2)nn1. The van der Waals surface area contributed by atoms with Gasteiger partial charge in [-0.15, -0.1) is 5.10 Å². The molecule has 1 aliphatic rings. The molecule has 3 rings (SSSR count). The van der Waals surface area contributed by atoms with Crippen LogP contribution in [-0.4, -0.2) is 49.6 Å². The number of halogens is 1. The van der Waals surface area contributed by atoms with Crippen LogP contribution in [-0.2, 0) is 6.54 Å². The molecule has 0 spiro atoms. The zero-order valence-electron chi connectivity index (χ0n) is 13.6. The lowest BCUT2D eigenvalue weighted by Gasteiger charge is -2.24. The third-order valence-corrected chi connectivity index (χ3v) is 4.24. The molecule has 1 fully saturated rings. The zero-order valence-corrected chi connectivity index (χ0v) is 13.6. The molecule has 2 aromatic rings. The highest BCUT2D eigenvalue weighted by atomic mass is 19.1. The first-order valence-electron chi connectivity index (χ1n) is 8.16. The lowest BCUT2D eigenvalue weighted by Crippen LogP contribution is -2.37. The van der Waals surface area contributed by atoms with E-state index in [2.05, 4.69) is 10.3 Å². The fourth-order valence-corrected chi connectivity index (χ4v) is 3.19. The lowest BCUT2D eigenvalue weighted by molar-refractivity contribution is 0.0676. The van der Waals surface area contributed by atoms with Crippen LogP contribution in [0.1, 0.15) is 42.2 Å². The Morgan fingerprint density at radius 2 is 2.33 bits per heavy atom. The van der Waals surface area contributed by atoms with Crippen LogP contribution in [0.4, 0.5) is 4.39 Å². The summed E-state index contributed by atoms with van der Waals surface area (Å²) in [5, 5.41) is 17.5. The van der Waals surface area contributed by atoms with Gasteiger partial charge in [0, 0.05) is 12.6 Å². The summed E-state index contributed by atoms with van der Waals surface area (Å²) in [7, 11) is 0. The smallest absolute Gasteiger partial charge is 0.276 e. The largest absolute Gasteiger partial charge is 0.393 e. The second-order valence-electron chi connectivity index (χ2n) is 6.31. The van der Waals surface area contributed by atoms with E-state index in [-0.39, 0.29) is 23.5 Å². The van der Waals surface area contributed by atoms with Crippen molar-refractivity contribution in [3.63, 3.8) is 0 Å². The van der Waals surface area contributed by atoms with E-state index in [9.17, 15) is 14.3 Å². The minimum absolute atomic E-state index is 0.0471. The van der Waals surface area contributed by atoms with Gasteiger partial charge in [0.15, 0.2) is 5.69 Å². The zero-order chi connectivity index (χ0) is 17.1. The topological polar surface area (TPSA) is 71.2 Å². The van der Waals surface area contributed by atoms with E-state index in [0.29, 0.717) is 19.5 Å². The average molecular weight is 332 g/mol. The predicted molar refractivity (Wildman–Crippen MR) is 85.9 cm³/mol. The molecule has 24 heavy (non-hydrogen) atoms. The maximum Gasteiger partial charge on any atom is 0.276 e. The highest BCUT2D eigenvalue weighted by Crippen LogP contribution is 2.23. The van der Waals surface area contributed by atoms with Gasteiger partial charge in [-0.05, 0) is 43.9 Å². The van der Waals surface area contributed by atoms with Crippen molar-refractivity contribution in [2.45, 2.75) is 44.9 Å². The molecule has 1 aromatic heterocycles. The summed E-state index contributed by atoms with van der Waals surface area (Å²) in [5.41, 5.74) is 1.04. The Bertz CT molecular complexity index is 716. The molecule has 1 aromatic carbocycles. The van der Waals surface area contributed by atoms with Crippen molar-refractivity contribution < 1.29 is 14.3 Å². The van der Waals surface area contributed by atoms with Gasteiger partial charge >= 0.3 is 0 Å². The molecule has 128 valence electrons. The van der Waals surface area contributed by atoms with Crippen molar-refractivity contribution in [3.8, 4) is 0 Å². The van der Waals surface area contributed by atoms with E-state index in [1.807, 2.05) is 0 Å². The van der Waals surface area contributed by atoms with Gasteiger partial charge in [-0.2, -0.15) is 0 Å². The Kier molecular flexibility index (Phi) is 4.89. The van der Waals surface area contributed by atoms with Crippen LogP contribution < -0.4 is 0 Å². The van der Waals surface area contributed by atoms with Gasteiger partial charge < -0.3 is 10.0 Å². The third kappa shape index (κ3) is 3.79. The number of carbonyl (C=O) groups excluding carboxylic acids is 1. The number of aliphatic hydroxyl groups is 1. The molecule has 7 heteroatoms. The van der Waals surface area contributed by atoms with Crippen LogP contribution in [0.25, 0.3) is 0 Å². The molecule has 2 unspecified atom stereocenters. The molecule has 0 aliphatic carbocycles. The fraction of sp³-hybridized carbons (Fsp3) is 0.471. The summed E-state index contributed by atoms with van der Waals surface area (Å²) in [6, 6.07) is 6.30. The number of amides is 1. The number of likely N-dealkylation sites (tertiary alicyclic amines) is 1. The summed E-state index contributed by atoms with van der Waals surface area (Å²) < 4.78 is 14.8. The molecule has 1 N–H and O–H groups in total. The van der Waals surface area contributed by atoms with Crippen molar-refractivity contribution in [2.75, 3.05) is 6.54 Å². The Morgan fingerprint density at radius 3 is 3.08 bits per heavy atom. The standard InChI is InChI=1S/C17H21FN4O2/c1-12(23)8-15-6-3-7-22(15)17(24)16-11-21(20-19-16)10-13-4-2-5-14(18)9-13/h2,4-5,9,11-12,15,23H,3,6-8,10H2,1H3. The van der Waals surface area contributed by atoms with Gasteiger partial charge in [-0.25, -0.2) is 9.07 Å². The third-order valence-electron chi connectivity index (χ3n) is 4.24. The maximum atomic E-state index is 13.2. The maximum absolute atomic E-state index is 13.2. The number of benzene rings is 1. The van der Waals surface area contributed by atoms with Crippen LogP contribution >= 0.6 is 0 Å². The quantitative estimate of drug-likeness (QED) is 0.907. The van der Waals surface area contributed by atoms with Crippen LogP contribution in [0.3, 0.4) is 0 Å². The summed E-state index contributed by atoms with van der Waals surface area (Å²) in [5.74, 6) is -0.467. The van der Waals surface area contributed by atoms with Gasteiger partial charge in [-0.3, -0.25) is 4.79 Å². The second-order valence-corrected chi connectivity index (χ2v) is 6.31. The van der Waals surface area contributed by atoms with Crippen molar-refractivity contribution in [3.05, 3.63) is 47.5 Å². The van der Waals surface area contributed by atoms with Gasteiger partial charge in [0.25, 0.3) is 5.91 Å².